The van der Waals surface area contributed by atoms with Crippen LogP contribution >= 0.6 is 24.0 Å². The van der Waals surface area contributed by atoms with Crippen LogP contribution in [0.25, 0.3) is 0 Å². The fraction of sp³-hybridized carbons (Fsp3) is 0.438. The molecular formula is C16H20N2O3S2. The summed E-state index contributed by atoms with van der Waals surface area (Å²) in [5.74, 6) is 0.793. The van der Waals surface area contributed by atoms with Gasteiger partial charge in [-0.1, -0.05) is 54.3 Å². The summed E-state index contributed by atoms with van der Waals surface area (Å²) in [4.78, 5) is 26.0. The topological polar surface area (TPSA) is 58.6 Å². The third-order valence-corrected chi connectivity index (χ3v) is 5.15. The zero-order valence-corrected chi connectivity index (χ0v) is 14.8. The molecule has 124 valence electrons. The minimum absolute atomic E-state index is 0.0790. The first kappa shape index (κ1) is 17.7. The maximum Gasteiger partial charge on any atom is 0.407 e. The number of ketones is 1. The maximum absolute atomic E-state index is 12.4. The summed E-state index contributed by atoms with van der Waals surface area (Å²) in [7, 11) is 0. The predicted molar refractivity (Wildman–Crippen MR) is 95.5 cm³/mol. The van der Waals surface area contributed by atoms with E-state index < -0.39 is 11.6 Å². The molecule has 0 atom stereocenters. The van der Waals surface area contributed by atoms with E-state index >= 15 is 0 Å². The highest BCUT2D eigenvalue weighted by Crippen LogP contribution is 2.27. The van der Waals surface area contributed by atoms with Crippen LogP contribution in [0.3, 0.4) is 0 Å². The lowest BCUT2D eigenvalue weighted by molar-refractivity contribution is -0.126. The molecule has 0 bridgehead atoms. The van der Waals surface area contributed by atoms with Gasteiger partial charge in [-0.2, -0.15) is 0 Å². The van der Waals surface area contributed by atoms with E-state index in [0.29, 0.717) is 0 Å². The van der Waals surface area contributed by atoms with Gasteiger partial charge < -0.3 is 15.0 Å². The van der Waals surface area contributed by atoms with Crippen molar-refractivity contribution in [2.24, 2.45) is 0 Å². The average Bonchev–Trinajstić information content (AvgIpc) is 2.98. The molecule has 1 aliphatic heterocycles. The van der Waals surface area contributed by atoms with Crippen LogP contribution in [0.4, 0.5) is 4.79 Å². The van der Waals surface area contributed by atoms with Crippen molar-refractivity contribution in [3.63, 3.8) is 0 Å². The van der Waals surface area contributed by atoms with E-state index in [1.54, 1.807) is 11.8 Å². The van der Waals surface area contributed by atoms with E-state index in [2.05, 4.69) is 5.32 Å². The highest BCUT2D eigenvalue weighted by molar-refractivity contribution is 8.23. The van der Waals surface area contributed by atoms with Crippen LogP contribution in [0, 0.1) is 0 Å². The molecule has 1 aromatic rings. The van der Waals surface area contributed by atoms with Crippen LogP contribution in [0.1, 0.15) is 19.4 Å². The number of ether oxygens (including phenoxy) is 1. The molecule has 0 aromatic heterocycles. The molecule has 1 saturated heterocycles. The fourth-order valence-electron chi connectivity index (χ4n) is 2.19. The molecule has 0 aliphatic carbocycles. The smallest absolute Gasteiger partial charge is 0.407 e. The molecule has 7 heteroatoms. The zero-order chi connectivity index (χ0) is 16.9. The third kappa shape index (κ3) is 4.68. The van der Waals surface area contributed by atoms with Crippen molar-refractivity contribution in [3.8, 4) is 0 Å². The van der Waals surface area contributed by atoms with Crippen molar-refractivity contribution in [2.45, 2.75) is 26.0 Å². The SMILES string of the molecule is CC(C)(C(=O)CNC(=O)OCc1ccccc1)N1CCSC1=S. The summed E-state index contributed by atoms with van der Waals surface area (Å²) in [6, 6.07) is 9.38. The second kappa shape index (κ2) is 7.79. The Morgan fingerprint density at radius 3 is 2.65 bits per heavy atom. The van der Waals surface area contributed by atoms with Gasteiger partial charge in [-0.15, -0.1) is 0 Å². The number of Topliss-reactive ketones (excluding diaryl/α,β-unsaturated/α-hetero) is 1. The van der Waals surface area contributed by atoms with Crippen molar-refractivity contribution in [1.29, 1.82) is 0 Å². The minimum atomic E-state index is -0.729. The number of hydrogen-bond acceptors (Lipinski definition) is 5. The Morgan fingerprint density at radius 2 is 2.04 bits per heavy atom. The van der Waals surface area contributed by atoms with Gasteiger partial charge in [0.05, 0.1) is 12.1 Å². The lowest BCUT2D eigenvalue weighted by Gasteiger charge is -2.34. The number of rotatable bonds is 6. The largest absolute Gasteiger partial charge is 0.445 e. The molecule has 23 heavy (non-hydrogen) atoms. The monoisotopic (exact) mass is 352 g/mol. The first-order valence-corrected chi connectivity index (χ1v) is 8.73. The lowest BCUT2D eigenvalue weighted by Crippen LogP contribution is -2.53. The molecule has 1 fully saturated rings. The van der Waals surface area contributed by atoms with Gasteiger partial charge in [-0.25, -0.2) is 4.79 Å². The molecule has 2 rings (SSSR count). The fourth-order valence-corrected chi connectivity index (χ4v) is 3.69. The molecule has 1 aliphatic rings. The number of hydrogen-bond donors (Lipinski definition) is 1. The van der Waals surface area contributed by atoms with E-state index in [9.17, 15) is 9.59 Å². The van der Waals surface area contributed by atoms with Crippen LogP contribution < -0.4 is 5.32 Å². The van der Waals surface area contributed by atoms with Gasteiger partial charge in [0.25, 0.3) is 0 Å². The minimum Gasteiger partial charge on any atom is -0.445 e. The average molecular weight is 352 g/mol. The van der Waals surface area contributed by atoms with Crippen LogP contribution in [0.15, 0.2) is 30.3 Å². The molecule has 0 spiro atoms. The summed E-state index contributed by atoms with van der Waals surface area (Å²) >= 11 is 6.84. The van der Waals surface area contributed by atoms with E-state index in [4.69, 9.17) is 17.0 Å². The van der Waals surface area contributed by atoms with Gasteiger partial charge in [0, 0.05) is 12.3 Å². The van der Waals surface area contributed by atoms with Gasteiger partial charge in [-0.05, 0) is 19.4 Å². The summed E-state index contributed by atoms with van der Waals surface area (Å²) in [6.45, 7) is 4.50. The first-order chi connectivity index (χ1) is 10.9. The number of nitrogens with one attached hydrogen (secondary N) is 1. The molecule has 0 unspecified atom stereocenters. The second-order valence-electron chi connectivity index (χ2n) is 5.66. The van der Waals surface area contributed by atoms with Crippen molar-refractivity contribution in [1.82, 2.24) is 10.2 Å². The second-order valence-corrected chi connectivity index (χ2v) is 7.39. The summed E-state index contributed by atoms with van der Waals surface area (Å²) < 4.78 is 5.82. The summed E-state index contributed by atoms with van der Waals surface area (Å²) in [5, 5.41) is 2.51. The Labute approximate surface area is 145 Å². The van der Waals surface area contributed by atoms with Crippen molar-refractivity contribution < 1.29 is 14.3 Å². The Kier molecular flexibility index (Phi) is 6.01. The maximum atomic E-state index is 12.4. The lowest BCUT2D eigenvalue weighted by atomic mass is 9.97. The quantitative estimate of drug-likeness (QED) is 0.794. The van der Waals surface area contributed by atoms with Crippen LogP contribution in [-0.2, 0) is 16.1 Å². The normalized spacial score (nSPS) is 14.7. The van der Waals surface area contributed by atoms with Gasteiger partial charge in [-0.3, -0.25) is 4.79 Å². The Bertz CT molecular complexity index is 590. The highest BCUT2D eigenvalue weighted by Gasteiger charge is 2.38. The van der Waals surface area contributed by atoms with Crippen LogP contribution in [0.5, 0.6) is 0 Å². The number of carbonyl (C=O) groups excluding carboxylic acids is 2. The summed E-state index contributed by atoms with van der Waals surface area (Å²) in [5.41, 5.74) is 0.168. The Morgan fingerprint density at radius 1 is 1.35 bits per heavy atom. The molecule has 1 heterocycles. The van der Waals surface area contributed by atoms with E-state index in [0.717, 1.165) is 22.2 Å². The van der Waals surface area contributed by atoms with Gasteiger partial charge >= 0.3 is 6.09 Å². The number of thiocarbonyl (C=S) groups is 1. The Hall–Kier alpha value is -1.60. The summed E-state index contributed by atoms with van der Waals surface area (Å²) in [6.07, 6.45) is -0.601. The van der Waals surface area contributed by atoms with Crippen molar-refractivity contribution in [3.05, 3.63) is 35.9 Å². The standard InChI is InChI=1S/C16H20N2O3S2/c1-16(2,18-8-9-23-15(18)22)13(19)10-17-14(20)21-11-12-6-4-3-5-7-12/h3-7H,8-11H2,1-2H3,(H,17,20). The first-order valence-electron chi connectivity index (χ1n) is 7.33. The number of thioether (sulfide) groups is 1. The van der Waals surface area contributed by atoms with Gasteiger partial charge in [0.2, 0.25) is 0 Å². The Balaban J connectivity index is 1.79. The number of carbonyl (C=O) groups is 2. The predicted octanol–water partition coefficient (Wildman–Crippen LogP) is 2.59. The molecule has 1 aromatic carbocycles. The van der Waals surface area contributed by atoms with E-state index in [1.807, 2.05) is 49.1 Å². The van der Waals surface area contributed by atoms with Crippen molar-refractivity contribution in [2.75, 3.05) is 18.8 Å². The molecule has 1 N–H and O–H groups in total. The van der Waals surface area contributed by atoms with Gasteiger partial charge in [0.15, 0.2) is 5.78 Å². The third-order valence-electron chi connectivity index (χ3n) is 3.72. The van der Waals surface area contributed by atoms with Crippen LogP contribution in [-0.4, -0.2) is 45.5 Å². The molecular weight excluding hydrogens is 332 g/mol. The zero-order valence-electron chi connectivity index (χ0n) is 13.2. The van der Waals surface area contributed by atoms with E-state index in [-0.39, 0.29) is 18.9 Å². The van der Waals surface area contributed by atoms with Gasteiger partial charge in [0.1, 0.15) is 10.9 Å². The van der Waals surface area contributed by atoms with E-state index in [1.165, 1.54) is 0 Å². The number of amides is 1. The van der Waals surface area contributed by atoms with Crippen molar-refractivity contribution >= 4 is 40.2 Å². The number of alkyl carbamates (subject to hydrolysis) is 1. The highest BCUT2D eigenvalue weighted by atomic mass is 32.2. The number of benzene rings is 1. The molecule has 1 amide bonds. The molecule has 5 nitrogen and oxygen atoms in total. The molecule has 0 saturated carbocycles. The van der Waals surface area contributed by atoms with Crippen LogP contribution in [0.2, 0.25) is 0 Å². The number of nitrogens with zero attached hydrogens (tertiary/aromatic N) is 1. The molecule has 0 radical (unpaired) electrons.